The Morgan fingerprint density at radius 2 is 2.31 bits per heavy atom. The summed E-state index contributed by atoms with van der Waals surface area (Å²) in [6, 6.07) is 8.63. The first kappa shape index (κ1) is 11.7. The van der Waals surface area contributed by atoms with E-state index in [1.54, 1.807) is 0 Å². The van der Waals surface area contributed by atoms with Gasteiger partial charge in [0.1, 0.15) is 0 Å². The highest BCUT2D eigenvalue weighted by Crippen LogP contribution is 2.14. The van der Waals surface area contributed by atoms with Gasteiger partial charge < -0.3 is 5.32 Å². The standard InChI is InChI=1S/C14H18ClN/c15-13-7-3-5-12(11-13)6-4-9-14-8-1-2-10-16-14/h3-7,11,14,16H,1-2,8-10H2. The highest BCUT2D eigenvalue weighted by Gasteiger charge is 2.09. The Labute approximate surface area is 103 Å². The highest BCUT2D eigenvalue weighted by atomic mass is 35.5. The minimum Gasteiger partial charge on any atom is -0.314 e. The van der Waals surface area contributed by atoms with Gasteiger partial charge in [-0.25, -0.2) is 0 Å². The Hall–Kier alpha value is -0.790. The number of hydrogen-bond acceptors (Lipinski definition) is 1. The van der Waals surface area contributed by atoms with Gasteiger partial charge in [0.25, 0.3) is 0 Å². The van der Waals surface area contributed by atoms with Gasteiger partial charge in [-0.2, -0.15) is 0 Å². The molecule has 1 aliphatic rings. The molecule has 1 saturated heterocycles. The number of benzene rings is 1. The molecule has 1 nitrogen and oxygen atoms in total. The average molecular weight is 236 g/mol. The fourth-order valence-corrected chi connectivity index (χ4v) is 2.30. The van der Waals surface area contributed by atoms with E-state index >= 15 is 0 Å². The van der Waals surface area contributed by atoms with Crippen LogP contribution in [0, 0.1) is 0 Å². The van der Waals surface area contributed by atoms with Gasteiger partial charge in [0.15, 0.2) is 0 Å². The Kier molecular flexibility index (Phi) is 4.44. The molecule has 86 valence electrons. The van der Waals surface area contributed by atoms with Crippen LogP contribution in [0.25, 0.3) is 6.08 Å². The van der Waals surface area contributed by atoms with Crippen molar-refractivity contribution in [2.45, 2.75) is 31.7 Å². The van der Waals surface area contributed by atoms with Crippen LogP contribution in [0.15, 0.2) is 30.3 Å². The number of halogens is 1. The maximum absolute atomic E-state index is 5.93. The van der Waals surface area contributed by atoms with E-state index in [0.717, 1.165) is 11.4 Å². The summed E-state index contributed by atoms with van der Waals surface area (Å²) in [5.74, 6) is 0. The molecule has 1 unspecified atom stereocenters. The Balaban J connectivity index is 1.84. The first-order chi connectivity index (χ1) is 7.84. The molecule has 0 aliphatic carbocycles. The molecule has 1 fully saturated rings. The van der Waals surface area contributed by atoms with E-state index in [0.29, 0.717) is 6.04 Å². The van der Waals surface area contributed by atoms with Gasteiger partial charge in [-0.1, -0.05) is 42.3 Å². The summed E-state index contributed by atoms with van der Waals surface area (Å²) in [7, 11) is 0. The van der Waals surface area contributed by atoms with Crippen molar-refractivity contribution < 1.29 is 0 Å². The summed E-state index contributed by atoms with van der Waals surface area (Å²) in [6.45, 7) is 1.18. The third-order valence-electron chi connectivity index (χ3n) is 2.99. The molecule has 1 aliphatic heterocycles. The zero-order valence-corrected chi connectivity index (χ0v) is 10.2. The van der Waals surface area contributed by atoms with E-state index in [-0.39, 0.29) is 0 Å². The number of hydrogen-bond donors (Lipinski definition) is 1. The third-order valence-corrected chi connectivity index (χ3v) is 3.23. The Bertz CT molecular complexity index is 354. The van der Waals surface area contributed by atoms with Crippen molar-refractivity contribution in [2.24, 2.45) is 0 Å². The summed E-state index contributed by atoms with van der Waals surface area (Å²) in [5, 5.41) is 4.34. The minimum atomic E-state index is 0.671. The lowest BCUT2D eigenvalue weighted by Gasteiger charge is -2.21. The van der Waals surface area contributed by atoms with Crippen LogP contribution in [-0.4, -0.2) is 12.6 Å². The molecule has 0 aromatic heterocycles. The Morgan fingerprint density at radius 3 is 3.06 bits per heavy atom. The lowest BCUT2D eigenvalue weighted by molar-refractivity contribution is 0.404. The van der Waals surface area contributed by atoms with E-state index in [1.165, 1.54) is 31.4 Å². The van der Waals surface area contributed by atoms with Crippen molar-refractivity contribution in [3.8, 4) is 0 Å². The highest BCUT2D eigenvalue weighted by molar-refractivity contribution is 6.30. The number of piperidine rings is 1. The monoisotopic (exact) mass is 235 g/mol. The van der Waals surface area contributed by atoms with E-state index < -0.39 is 0 Å². The molecule has 2 rings (SSSR count). The lowest BCUT2D eigenvalue weighted by atomic mass is 10.0. The largest absolute Gasteiger partial charge is 0.314 e. The molecular formula is C14H18ClN. The molecule has 1 heterocycles. The number of nitrogens with one attached hydrogen (secondary N) is 1. The van der Waals surface area contributed by atoms with Crippen LogP contribution in [0.4, 0.5) is 0 Å². The molecule has 1 N–H and O–H groups in total. The smallest absolute Gasteiger partial charge is 0.0411 e. The zero-order chi connectivity index (χ0) is 11.2. The van der Waals surface area contributed by atoms with Gasteiger partial charge >= 0.3 is 0 Å². The first-order valence-electron chi connectivity index (χ1n) is 6.00. The van der Waals surface area contributed by atoms with Crippen molar-refractivity contribution in [3.63, 3.8) is 0 Å². The molecule has 1 aromatic rings. The Morgan fingerprint density at radius 1 is 1.38 bits per heavy atom. The zero-order valence-electron chi connectivity index (χ0n) is 9.45. The third kappa shape index (κ3) is 3.66. The van der Waals surface area contributed by atoms with Crippen LogP contribution < -0.4 is 5.32 Å². The van der Waals surface area contributed by atoms with Crippen LogP contribution in [0.5, 0.6) is 0 Å². The second-order valence-electron chi connectivity index (χ2n) is 4.34. The lowest BCUT2D eigenvalue weighted by Crippen LogP contribution is -2.33. The maximum atomic E-state index is 5.93. The quantitative estimate of drug-likeness (QED) is 0.838. The van der Waals surface area contributed by atoms with Gasteiger partial charge in [-0.05, 0) is 43.5 Å². The summed E-state index contributed by atoms with van der Waals surface area (Å²) in [4.78, 5) is 0. The van der Waals surface area contributed by atoms with E-state index in [1.807, 2.05) is 18.2 Å². The van der Waals surface area contributed by atoms with E-state index in [4.69, 9.17) is 11.6 Å². The van der Waals surface area contributed by atoms with Crippen molar-refractivity contribution in [3.05, 3.63) is 40.9 Å². The minimum absolute atomic E-state index is 0.671. The molecule has 0 amide bonds. The van der Waals surface area contributed by atoms with Gasteiger partial charge in [0.05, 0.1) is 0 Å². The van der Waals surface area contributed by atoms with Crippen LogP contribution in [0.1, 0.15) is 31.2 Å². The van der Waals surface area contributed by atoms with Crippen molar-refractivity contribution in [2.75, 3.05) is 6.54 Å². The predicted octanol–water partition coefficient (Wildman–Crippen LogP) is 3.89. The van der Waals surface area contributed by atoms with Crippen molar-refractivity contribution >= 4 is 17.7 Å². The van der Waals surface area contributed by atoms with Gasteiger partial charge in [-0.3, -0.25) is 0 Å². The van der Waals surface area contributed by atoms with Crippen LogP contribution in [0.3, 0.4) is 0 Å². The molecule has 0 radical (unpaired) electrons. The topological polar surface area (TPSA) is 12.0 Å². The summed E-state index contributed by atoms with van der Waals surface area (Å²) >= 11 is 5.93. The molecule has 2 heteroatoms. The van der Waals surface area contributed by atoms with Crippen LogP contribution in [-0.2, 0) is 0 Å². The van der Waals surface area contributed by atoms with Crippen LogP contribution >= 0.6 is 11.6 Å². The molecule has 1 atom stereocenters. The fraction of sp³-hybridized carbons (Fsp3) is 0.429. The van der Waals surface area contributed by atoms with E-state index in [2.05, 4.69) is 23.5 Å². The summed E-state index contributed by atoms with van der Waals surface area (Å²) in [5.41, 5.74) is 1.18. The second kappa shape index (κ2) is 6.07. The van der Waals surface area contributed by atoms with Crippen molar-refractivity contribution in [1.29, 1.82) is 0 Å². The SMILES string of the molecule is Clc1cccc(C=CCC2CCCCN2)c1. The first-order valence-corrected chi connectivity index (χ1v) is 6.38. The molecule has 0 bridgehead atoms. The van der Waals surface area contributed by atoms with E-state index in [9.17, 15) is 0 Å². The maximum Gasteiger partial charge on any atom is 0.0411 e. The van der Waals surface area contributed by atoms with Gasteiger partial charge in [0, 0.05) is 11.1 Å². The summed E-state index contributed by atoms with van der Waals surface area (Å²) < 4.78 is 0. The summed E-state index contributed by atoms with van der Waals surface area (Å²) in [6.07, 6.45) is 9.51. The van der Waals surface area contributed by atoms with Crippen molar-refractivity contribution in [1.82, 2.24) is 5.32 Å². The average Bonchev–Trinajstić information content (AvgIpc) is 2.30. The van der Waals surface area contributed by atoms with Crippen LogP contribution in [0.2, 0.25) is 5.02 Å². The number of rotatable bonds is 3. The normalized spacial score (nSPS) is 21.4. The molecule has 0 saturated carbocycles. The molecular weight excluding hydrogens is 218 g/mol. The van der Waals surface area contributed by atoms with Gasteiger partial charge in [-0.15, -0.1) is 0 Å². The van der Waals surface area contributed by atoms with Gasteiger partial charge in [0.2, 0.25) is 0 Å². The molecule has 1 aromatic carbocycles. The fourth-order valence-electron chi connectivity index (χ4n) is 2.10. The predicted molar refractivity (Wildman–Crippen MR) is 70.7 cm³/mol. The molecule has 0 spiro atoms. The molecule has 16 heavy (non-hydrogen) atoms. The second-order valence-corrected chi connectivity index (χ2v) is 4.78.